The van der Waals surface area contributed by atoms with Gasteiger partial charge >= 0.3 is 330 Å². The molecule has 1 fully saturated rings. The number of nitro benzene ring substituents is 2. The van der Waals surface area contributed by atoms with Crippen LogP contribution in [0.25, 0.3) is 0 Å². The quantitative estimate of drug-likeness (QED) is 0.0291. The predicted molar refractivity (Wildman–Crippen MR) is 239 cm³/mol. The number of carbonyl (C=O) groups is 4. The van der Waals surface area contributed by atoms with E-state index in [1.165, 1.54) is 36.4 Å². The number of hydrogen-bond acceptors (Lipinski definition) is 10. The van der Waals surface area contributed by atoms with Crippen LogP contribution in [0.2, 0.25) is 0 Å². The van der Waals surface area contributed by atoms with Crippen molar-refractivity contribution in [3.63, 3.8) is 0 Å². The van der Waals surface area contributed by atoms with Crippen molar-refractivity contribution in [2.75, 3.05) is 12.8 Å². The Bertz CT molecular complexity index is 2530. The van der Waals surface area contributed by atoms with Crippen LogP contribution in [0.3, 0.4) is 0 Å². The number of benzene rings is 6. The number of ether oxygens (including phenoxy) is 2. The van der Waals surface area contributed by atoms with E-state index in [9.17, 15) is 34.6 Å². The van der Waals surface area contributed by atoms with Crippen LogP contribution in [0, 0.1) is 26.1 Å². The number of nitrogens with zero attached hydrogens (tertiary/aromatic N) is 3. The Labute approximate surface area is 362 Å². The maximum atomic E-state index is 15.9. The summed E-state index contributed by atoms with van der Waals surface area (Å²) in [7, 11) is 0. The van der Waals surface area contributed by atoms with Gasteiger partial charge in [-0.1, -0.05) is 12.1 Å². The van der Waals surface area contributed by atoms with E-state index < -0.39 is 46.8 Å². The van der Waals surface area contributed by atoms with Gasteiger partial charge in [0.15, 0.2) is 0 Å². The molecule has 320 valence electrons. The molecule has 14 nitrogen and oxygen atoms in total. The van der Waals surface area contributed by atoms with Crippen LogP contribution in [0.1, 0.15) is 34.3 Å². The van der Waals surface area contributed by atoms with Crippen LogP contribution in [0.5, 0.6) is 0 Å². The van der Waals surface area contributed by atoms with E-state index >= 15 is 4.79 Å². The summed E-state index contributed by atoms with van der Waals surface area (Å²) in [6.07, 6.45) is -1.08. The van der Waals surface area contributed by atoms with Crippen molar-refractivity contribution in [3.05, 3.63) is 207 Å². The van der Waals surface area contributed by atoms with Crippen molar-refractivity contribution in [2.45, 2.75) is 32.1 Å². The SMILES string of the molecule is O=C(NCCC1C(=O)N(CP(C(=O)OCc2ccccc2[N+](=O)[O-])(c2ccccc2)(c2ccccc2)c2ccccc2)C1CC(=O)c1ccccc1)OCc1ccccc1[N+](=O)[O-]. The molecule has 6 aromatic carbocycles. The van der Waals surface area contributed by atoms with E-state index in [-0.39, 0.29) is 66.5 Å². The van der Waals surface area contributed by atoms with Gasteiger partial charge in [-0.25, -0.2) is 0 Å². The number of nitro groups is 2. The molecule has 0 radical (unpaired) electrons. The molecule has 1 N–H and O–H groups in total. The Hall–Kier alpha value is -7.57. The summed E-state index contributed by atoms with van der Waals surface area (Å²) in [4.78, 5) is 81.6. The van der Waals surface area contributed by atoms with Crippen molar-refractivity contribution >= 4 is 57.4 Å². The zero-order chi connectivity index (χ0) is 44.4. The van der Waals surface area contributed by atoms with Gasteiger partial charge in [-0.3, -0.25) is 10.1 Å². The fourth-order valence-electron chi connectivity index (χ4n) is 8.42. The molecule has 1 heterocycles. The zero-order valence-corrected chi connectivity index (χ0v) is 34.8. The van der Waals surface area contributed by atoms with Crippen molar-refractivity contribution < 1.29 is 38.5 Å². The fourth-order valence-corrected chi connectivity index (χ4v) is 14.4. The zero-order valence-electron chi connectivity index (χ0n) is 33.9. The summed E-state index contributed by atoms with van der Waals surface area (Å²) in [5.74, 6) is -1.38. The molecule has 6 aromatic rings. The number of hydrogen-bond donors (Lipinski definition) is 1. The molecule has 0 bridgehead atoms. The van der Waals surface area contributed by atoms with Gasteiger partial charge < -0.3 is 0 Å². The van der Waals surface area contributed by atoms with Gasteiger partial charge in [-0.15, -0.1) is 0 Å². The average Bonchev–Trinajstić information content (AvgIpc) is 3.32. The second-order valence-corrected chi connectivity index (χ2v) is 19.8. The number of likely N-dealkylation sites (tertiary alicyclic amines) is 1. The molecule has 0 saturated carbocycles. The molecular weight excluding hydrogens is 824 g/mol. The van der Waals surface area contributed by atoms with Gasteiger partial charge in [-0.05, 0) is 0 Å². The van der Waals surface area contributed by atoms with Gasteiger partial charge in [0, 0.05) is 6.07 Å². The first-order valence-corrected chi connectivity index (χ1v) is 22.6. The molecule has 2 amide bonds. The van der Waals surface area contributed by atoms with Gasteiger partial charge in [0.25, 0.3) is 0 Å². The van der Waals surface area contributed by atoms with E-state index in [1.807, 2.05) is 54.6 Å². The standard InChI is InChI=1S/C48H43N4O10P/c53-45(35-17-5-1-6-18-35)31-44-41(29-30-49-47(55)61-32-36-19-13-15-27-42(36)51(57)58)46(54)50(44)34-63(38-21-7-2-8-22-38,39-23-9-3-10-24-39,40-25-11-4-12-26-40)48(56)62-33-37-20-14-16-28-43(37)52(59)60/h1-28,41,44H,29-34H2,(H,49,55). The van der Waals surface area contributed by atoms with Crippen LogP contribution < -0.4 is 21.2 Å². The van der Waals surface area contributed by atoms with Crippen LogP contribution in [0.4, 0.5) is 21.0 Å². The summed E-state index contributed by atoms with van der Waals surface area (Å²) < 4.78 is 11.6. The van der Waals surface area contributed by atoms with Gasteiger partial charge in [0.2, 0.25) is 0 Å². The normalized spacial score (nSPS) is 15.2. The first-order valence-electron chi connectivity index (χ1n) is 20.1. The number of ketones is 1. The number of para-hydroxylation sites is 2. The average molecular weight is 867 g/mol. The number of carbonyl (C=O) groups excluding carboxylic acids is 4. The summed E-state index contributed by atoms with van der Waals surface area (Å²) in [5, 5.41) is 27.9. The van der Waals surface area contributed by atoms with Crippen LogP contribution >= 0.6 is 6.60 Å². The van der Waals surface area contributed by atoms with E-state index in [2.05, 4.69) is 5.32 Å². The van der Waals surface area contributed by atoms with E-state index in [0.29, 0.717) is 21.5 Å². The predicted octanol–water partition coefficient (Wildman–Crippen LogP) is 8.04. The number of nitrogens with one attached hydrogen (secondary N) is 1. The molecule has 1 aliphatic rings. The number of amides is 2. The molecule has 7 rings (SSSR count). The third-order valence-corrected chi connectivity index (χ3v) is 17.7. The minimum absolute atomic E-state index is 0.0342. The minimum Gasteiger partial charge on any atom is -0.258 e. The Balaban J connectivity index is 1.28. The minimum atomic E-state index is -4.78. The molecule has 15 heteroatoms. The molecule has 63 heavy (non-hydrogen) atoms. The fraction of sp³-hybridized carbons (Fsp3) is 0.167. The molecule has 0 aliphatic carbocycles. The Morgan fingerprint density at radius 2 is 1.03 bits per heavy atom. The molecule has 1 aliphatic heterocycles. The molecule has 2 atom stereocenters. The number of β-lactam (4-membered cyclic amide) rings is 1. The number of alkyl carbamates (subject to hydrolysis) is 1. The van der Waals surface area contributed by atoms with E-state index in [4.69, 9.17) is 9.47 Å². The first kappa shape index (κ1) is 43.5. The first-order chi connectivity index (χ1) is 30.5. The Morgan fingerprint density at radius 1 is 0.603 bits per heavy atom. The Kier molecular flexibility index (Phi) is 13.1. The van der Waals surface area contributed by atoms with Crippen molar-refractivity contribution in [2.24, 2.45) is 5.92 Å². The maximum absolute atomic E-state index is 15.9. The molecule has 0 spiro atoms. The van der Waals surface area contributed by atoms with Crippen molar-refractivity contribution in [3.8, 4) is 0 Å². The van der Waals surface area contributed by atoms with Gasteiger partial charge in [0.05, 0.1) is 4.92 Å². The van der Waals surface area contributed by atoms with Crippen molar-refractivity contribution in [1.82, 2.24) is 10.2 Å². The van der Waals surface area contributed by atoms with Crippen molar-refractivity contribution in [1.29, 1.82) is 0 Å². The van der Waals surface area contributed by atoms with Crippen LogP contribution in [-0.2, 0) is 27.5 Å². The summed E-state index contributed by atoms with van der Waals surface area (Å²) in [6, 6.07) is 47.0. The Morgan fingerprint density at radius 3 is 1.51 bits per heavy atom. The number of Topliss-reactive ketones (excluding diaryl/α,β-unsaturated/α-hetero) is 1. The third kappa shape index (κ3) is 8.53. The molecule has 1 saturated heterocycles. The summed E-state index contributed by atoms with van der Waals surface area (Å²) in [5.41, 5.74) is -0.276. The second kappa shape index (κ2) is 19.0. The monoisotopic (exact) mass is 866 g/mol. The summed E-state index contributed by atoms with van der Waals surface area (Å²) >= 11 is 0. The van der Waals surface area contributed by atoms with Gasteiger partial charge in [0.1, 0.15) is 0 Å². The molecular formula is C48H43N4O10P. The topological polar surface area (TPSA) is 188 Å². The van der Waals surface area contributed by atoms with E-state index in [1.54, 1.807) is 83.8 Å². The molecule has 0 aromatic heterocycles. The summed E-state index contributed by atoms with van der Waals surface area (Å²) in [6.45, 7) is -5.61. The molecule has 2 unspecified atom stereocenters. The van der Waals surface area contributed by atoms with Crippen LogP contribution in [-0.4, -0.2) is 57.1 Å². The van der Waals surface area contributed by atoms with E-state index in [0.717, 1.165) is 0 Å². The van der Waals surface area contributed by atoms with Crippen LogP contribution in [0.15, 0.2) is 170 Å². The smallest absolute Gasteiger partial charge is 0.258 e. The van der Waals surface area contributed by atoms with Gasteiger partial charge in [-0.2, -0.15) is 0 Å². The third-order valence-electron chi connectivity index (χ3n) is 11.6. The number of rotatable bonds is 18. The second-order valence-electron chi connectivity index (χ2n) is 15.0.